The zero-order chi connectivity index (χ0) is 14.4. The Morgan fingerprint density at radius 3 is 2.63 bits per heavy atom. The van der Waals surface area contributed by atoms with Gasteiger partial charge in [0.05, 0.1) is 18.4 Å². The summed E-state index contributed by atoms with van der Waals surface area (Å²) in [6.45, 7) is 6.11. The molecule has 1 aromatic carbocycles. The average Bonchev–Trinajstić information content (AvgIpc) is 2.35. The number of aryl methyl sites for hydroxylation is 1. The lowest BCUT2D eigenvalue weighted by Gasteiger charge is -2.09. The molecule has 1 aromatic rings. The number of hydrogen-bond donors (Lipinski definition) is 0. The van der Waals surface area contributed by atoms with Gasteiger partial charge in [0.1, 0.15) is 5.75 Å². The Kier molecular flexibility index (Phi) is 6.22. The second-order valence-electron chi connectivity index (χ2n) is 5.10. The molecule has 0 heterocycles. The topological polar surface area (TPSA) is 43.4 Å². The average molecular weight is 282 g/mol. The Bertz CT molecular complexity index is 466. The Morgan fingerprint density at radius 2 is 2.05 bits per heavy atom. The summed E-state index contributed by atoms with van der Waals surface area (Å²) in [7, 11) is 0.451. The number of carbonyl (C=O) groups is 1. The van der Waals surface area contributed by atoms with E-state index in [1.165, 1.54) is 0 Å². The van der Waals surface area contributed by atoms with E-state index in [1.54, 1.807) is 13.2 Å². The van der Waals surface area contributed by atoms with Crippen molar-refractivity contribution in [1.29, 1.82) is 0 Å². The molecule has 1 rings (SSSR count). The highest BCUT2D eigenvalue weighted by atomic mass is 32.2. The highest BCUT2D eigenvalue weighted by Crippen LogP contribution is 2.20. The molecular formula is C15H22O3S. The zero-order valence-corrected chi connectivity index (χ0v) is 12.9. The van der Waals surface area contributed by atoms with E-state index in [4.69, 9.17) is 4.74 Å². The third kappa shape index (κ3) is 5.15. The van der Waals surface area contributed by atoms with Gasteiger partial charge in [-0.25, -0.2) is 0 Å². The molecule has 3 nitrogen and oxygen atoms in total. The van der Waals surface area contributed by atoms with Gasteiger partial charge in [0.25, 0.3) is 0 Å². The maximum absolute atomic E-state index is 12.1. The van der Waals surface area contributed by atoms with E-state index in [0.29, 0.717) is 23.0 Å². The summed E-state index contributed by atoms with van der Waals surface area (Å²) < 4.78 is 17.1. The van der Waals surface area contributed by atoms with Crippen LogP contribution in [0.1, 0.15) is 36.2 Å². The van der Waals surface area contributed by atoms with Gasteiger partial charge in [0.2, 0.25) is 0 Å². The fourth-order valence-corrected chi connectivity index (χ4v) is 3.02. The van der Waals surface area contributed by atoms with Gasteiger partial charge in [-0.1, -0.05) is 19.9 Å². The number of ketones is 1. The van der Waals surface area contributed by atoms with Crippen LogP contribution in [0.4, 0.5) is 0 Å². The normalized spacial score (nSPS) is 12.5. The van der Waals surface area contributed by atoms with Gasteiger partial charge in [0.15, 0.2) is 5.78 Å². The highest BCUT2D eigenvalue weighted by molar-refractivity contribution is 7.85. The van der Waals surface area contributed by atoms with Crippen LogP contribution < -0.4 is 4.74 Å². The van der Waals surface area contributed by atoms with Crippen LogP contribution in [0.3, 0.4) is 0 Å². The first-order valence-corrected chi connectivity index (χ1v) is 7.95. The van der Waals surface area contributed by atoms with Gasteiger partial charge in [-0.05, 0) is 37.0 Å². The van der Waals surface area contributed by atoms with E-state index in [-0.39, 0.29) is 11.5 Å². The van der Waals surface area contributed by atoms with Crippen LogP contribution in [0.25, 0.3) is 0 Å². The minimum absolute atomic E-state index is 0.0755. The second kappa shape index (κ2) is 7.43. The third-order valence-corrected chi connectivity index (χ3v) is 4.15. The standard InChI is InChI=1S/C15H22O3S/c1-11(2)7-8-19(17)10-14(16)13-6-5-12(3)9-15(13)18-4/h5-6,9,11H,7-8,10H2,1-4H3. The molecule has 0 aliphatic carbocycles. The van der Waals surface area contributed by atoms with Crippen LogP contribution in [0.5, 0.6) is 5.75 Å². The lowest BCUT2D eigenvalue weighted by atomic mass is 10.1. The van der Waals surface area contributed by atoms with E-state index in [1.807, 2.05) is 19.1 Å². The summed E-state index contributed by atoms with van der Waals surface area (Å²) in [5.74, 6) is 1.61. The van der Waals surface area contributed by atoms with Gasteiger partial charge in [-0.3, -0.25) is 9.00 Å². The Balaban J connectivity index is 2.70. The van der Waals surface area contributed by atoms with Crippen molar-refractivity contribution < 1.29 is 13.7 Å². The third-order valence-electron chi connectivity index (χ3n) is 2.87. The molecule has 0 aliphatic heterocycles. The molecule has 0 fully saturated rings. The van der Waals surface area contributed by atoms with Crippen LogP contribution in [-0.2, 0) is 10.8 Å². The molecule has 0 aliphatic rings. The van der Waals surface area contributed by atoms with Crippen molar-refractivity contribution in [3.63, 3.8) is 0 Å². The quantitative estimate of drug-likeness (QED) is 0.722. The molecular weight excluding hydrogens is 260 g/mol. The minimum Gasteiger partial charge on any atom is -0.496 e. The smallest absolute Gasteiger partial charge is 0.179 e. The Hall–Kier alpha value is -1.16. The van der Waals surface area contributed by atoms with Crippen LogP contribution in [-0.4, -0.2) is 28.6 Å². The van der Waals surface area contributed by atoms with Crippen LogP contribution in [0.2, 0.25) is 0 Å². The summed E-state index contributed by atoms with van der Waals surface area (Å²) in [5, 5.41) is 0. The summed E-state index contributed by atoms with van der Waals surface area (Å²) in [4.78, 5) is 12.1. The minimum atomic E-state index is -1.09. The number of rotatable bonds is 7. The predicted octanol–water partition coefficient (Wildman–Crippen LogP) is 2.98. The maximum Gasteiger partial charge on any atom is 0.179 e. The van der Waals surface area contributed by atoms with Crippen molar-refractivity contribution in [3.05, 3.63) is 29.3 Å². The van der Waals surface area contributed by atoms with Crippen molar-refractivity contribution in [2.45, 2.75) is 27.2 Å². The molecule has 0 bridgehead atoms. The van der Waals surface area contributed by atoms with E-state index >= 15 is 0 Å². The van der Waals surface area contributed by atoms with Crippen molar-refractivity contribution in [2.75, 3.05) is 18.6 Å². The summed E-state index contributed by atoms with van der Waals surface area (Å²) in [6.07, 6.45) is 0.880. The number of ether oxygens (including phenoxy) is 1. The summed E-state index contributed by atoms with van der Waals surface area (Å²) in [5.41, 5.74) is 1.56. The van der Waals surface area contributed by atoms with Crippen molar-refractivity contribution >= 4 is 16.6 Å². The van der Waals surface area contributed by atoms with Crippen LogP contribution in [0, 0.1) is 12.8 Å². The monoisotopic (exact) mass is 282 g/mol. The number of Topliss-reactive ketones (excluding diaryl/α,β-unsaturated/α-hetero) is 1. The lowest BCUT2D eigenvalue weighted by molar-refractivity contribution is 0.101. The SMILES string of the molecule is COc1cc(C)ccc1C(=O)CS(=O)CCC(C)C. The Labute approximate surface area is 117 Å². The number of benzene rings is 1. The molecule has 0 radical (unpaired) electrons. The van der Waals surface area contributed by atoms with E-state index < -0.39 is 10.8 Å². The fraction of sp³-hybridized carbons (Fsp3) is 0.533. The zero-order valence-electron chi connectivity index (χ0n) is 12.1. The first kappa shape index (κ1) is 15.9. The number of hydrogen-bond acceptors (Lipinski definition) is 3. The fourth-order valence-electron chi connectivity index (χ4n) is 1.69. The predicted molar refractivity (Wildman–Crippen MR) is 79.4 cm³/mol. The number of carbonyl (C=O) groups excluding carboxylic acids is 1. The Morgan fingerprint density at radius 1 is 1.37 bits per heavy atom. The van der Waals surface area contributed by atoms with Gasteiger partial charge < -0.3 is 4.74 Å². The van der Waals surface area contributed by atoms with Crippen molar-refractivity contribution in [2.24, 2.45) is 5.92 Å². The maximum atomic E-state index is 12.1. The van der Waals surface area contributed by atoms with Crippen molar-refractivity contribution in [1.82, 2.24) is 0 Å². The second-order valence-corrected chi connectivity index (χ2v) is 6.67. The van der Waals surface area contributed by atoms with Crippen LogP contribution in [0.15, 0.2) is 18.2 Å². The van der Waals surface area contributed by atoms with Gasteiger partial charge in [-0.15, -0.1) is 0 Å². The molecule has 0 aromatic heterocycles. The largest absolute Gasteiger partial charge is 0.496 e. The first-order valence-electron chi connectivity index (χ1n) is 6.47. The molecule has 0 amide bonds. The molecule has 106 valence electrons. The van der Waals surface area contributed by atoms with E-state index in [2.05, 4.69) is 13.8 Å². The van der Waals surface area contributed by atoms with E-state index in [9.17, 15) is 9.00 Å². The van der Waals surface area contributed by atoms with Crippen molar-refractivity contribution in [3.8, 4) is 5.75 Å². The lowest BCUT2D eigenvalue weighted by Crippen LogP contribution is -2.15. The van der Waals surface area contributed by atoms with Gasteiger partial charge >= 0.3 is 0 Å². The molecule has 0 saturated carbocycles. The summed E-state index contributed by atoms with van der Waals surface area (Å²) >= 11 is 0. The summed E-state index contributed by atoms with van der Waals surface area (Å²) in [6, 6.07) is 5.44. The molecule has 19 heavy (non-hydrogen) atoms. The molecule has 0 spiro atoms. The highest BCUT2D eigenvalue weighted by Gasteiger charge is 2.15. The number of methoxy groups -OCH3 is 1. The van der Waals surface area contributed by atoms with E-state index in [0.717, 1.165) is 12.0 Å². The molecule has 0 saturated heterocycles. The molecule has 4 heteroatoms. The molecule has 0 N–H and O–H groups in total. The van der Waals surface area contributed by atoms with Gasteiger partial charge in [-0.2, -0.15) is 0 Å². The van der Waals surface area contributed by atoms with Crippen LogP contribution >= 0.6 is 0 Å². The van der Waals surface area contributed by atoms with Gasteiger partial charge in [0, 0.05) is 16.6 Å². The first-order chi connectivity index (χ1) is 8.93. The molecule has 1 unspecified atom stereocenters. The molecule has 1 atom stereocenters.